The lowest BCUT2D eigenvalue weighted by molar-refractivity contribution is -0.143. The first-order chi connectivity index (χ1) is 23.1. The molecule has 11 nitrogen and oxygen atoms in total. The third-order valence-electron chi connectivity index (χ3n) is 9.59. The molecule has 256 valence electrons. The zero-order valence-electron chi connectivity index (χ0n) is 26.1. The van der Waals surface area contributed by atoms with Crippen molar-refractivity contribution in [3.63, 3.8) is 0 Å². The molecule has 3 aromatic rings. The fourth-order valence-electron chi connectivity index (χ4n) is 7.06. The first kappa shape index (κ1) is 32.5. The molecule has 15 heteroatoms. The van der Waals surface area contributed by atoms with E-state index in [0.717, 1.165) is 30.5 Å². The molecule has 0 bridgehead atoms. The average Bonchev–Trinajstić information content (AvgIpc) is 3.73. The molecule has 3 fully saturated rings. The molecule has 2 amide bonds. The van der Waals surface area contributed by atoms with Crippen LogP contribution in [0.3, 0.4) is 0 Å². The van der Waals surface area contributed by atoms with Crippen LogP contribution >= 0.6 is 0 Å². The number of halogens is 4. The Kier molecular flexibility index (Phi) is 9.09. The molecule has 4 aliphatic heterocycles. The molecular weight excluding hydrogens is 636 g/mol. The van der Waals surface area contributed by atoms with Gasteiger partial charge in [0.05, 0.1) is 42.6 Å². The summed E-state index contributed by atoms with van der Waals surface area (Å²) in [6.07, 6.45) is -1.61. The third-order valence-corrected chi connectivity index (χ3v) is 9.59. The number of piperazine rings is 1. The van der Waals surface area contributed by atoms with Crippen LogP contribution in [0.25, 0.3) is 0 Å². The Balaban J connectivity index is 1.11. The fraction of sp³-hybridized carbons (Fsp3) is 0.515. The van der Waals surface area contributed by atoms with Crippen molar-refractivity contribution in [1.82, 2.24) is 29.7 Å². The number of alkyl halides is 3. The van der Waals surface area contributed by atoms with E-state index in [2.05, 4.69) is 15.2 Å². The number of carbonyl (C=O) groups is 2. The maximum absolute atomic E-state index is 14.2. The van der Waals surface area contributed by atoms with Crippen LogP contribution in [-0.2, 0) is 33.6 Å². The minimum absolute atomic E-state index is 0.00134. The van der Waals surface area contributed by atoms with Gasteiger partial charge in [0.25, 0.3) is 5.91 Å². The smallest absolute Gasteiger partial charge is 0.416 e. The number of amides is 2. The van der Waals surface area contributed by atoms with Crippen LogP contribution in [0.2, 0.25) is 0 Å². The lowest BCUT2D eigenvalue weighted by atomic mass is 10.0. The largest absolute Gasteiger partial charge is 0.491 e. The molecule has 0 saturated carbocycles. The van der Waals surface area contributed by atoms with Crippen LogP contribution in [0.5, 0.6) is 5.75 Å². The highest BCUT2D eigenvalue weighted by Gasteiger charge is 2.46. The minimum Gasteiger partial charge on any atom is -0.491 e. The summed E-state index contributed by atoms with van der Waals surface area (Å²) in [7, 11) is 0. The summed E-state index contributed by atoms with van der Waals surface area (Å²) in [6.45, 7) is 3.44. The number of aromatic nitrogens is 3. The van der Waals surface area contributed by atoms with Crippen molar-refractivity contribution in [2.24, 2.45) is 0 Å². The van der Waals surface area contributed by atoms with Crippen molar-refractivity contribution < 1.29 is 41.4 Å². The normalized spacial score (nSPS) is 24.2. The van der Waals surface area contributed by atoms with Gasteiger partial charge in [-0.05, 0) is 48.7 Å². The summed E-state index contributed by atoms with van der Waals surface area (Å²) in [5, 5.41) is 8.26. The van der Waals surface area contributed by atoms with E-state index in [9.17, 15) is 27.2 Å². The summed E-state index contributed by atoms with van der Waals surface area (Å²) in [5.74, 6) is -1.27. The Morgan fingerprint density at radius 2 is 1.75 bits per heavy atom. The molecular formula is C33H36F4N6O5. The van der Waals surface area contributed by atoms with Crippen LogP contribution in [0, 0.1) is 5.82 Å². The number of fused-ring (bicyclic) bond motifs is 3. The number of hydrogen-bond donors (Lipinski definition) is 0. The molecule has 4 aliphatic rings. The molecule has 3 saturated heterocycles. The summed E-state index contributed by atoms with van der Waals surface area (Å²) in [6, 6.07) is 7.97. The third kappa shape index (κ3) is 6.89. The van der Waals surface area contributed by atoms with E-state index >= 15 is 0 Å². The number of carbonyl (C=O) groups excluding carboxylic acids is 2. The average molecular weight is 673 g/mol. The van der Waals surface area contributed by atoms with E-state index < -0.39 is 29.8 Å². The highest BCUT2D eigenvalue weighted by Crippen LogP contribution is 2.36. The van der Waals surface area contributed by atoms with Crippen molar-refractivity contribution in [2.45, 2.75) is 62.8 Å². The first-order valence-corrected chi connectivity index (χ1v) is 16.1. The Bertz CT molecular complexity index is 1630. The zero-order valence-corrected chi connectivity index (χ0v) is 26.1. The molecule has 0 unspecified atom stereocenters. The molecule has 1 aromatic heterocycles. The molecule has 0 radical (unpaired) electrons. The van der Waals surface area contributed by atoms with Gasteiger partial charge in [0.2, 0.25) is 5.91 Å². The van der Waals surface area contributed by atoms with Gasteiger partial charge in [-0.2, -0.15) is 13.2 Å². The predicted molar refractivity (Wildman–Crippen MR) is 161 cm³/mol. The maximum atomic E-state index is 14.2. The molecule has 7 rings (SSSR count). The zero-order chi connectivity index (χ0) is 33.4. The monoisotopic (exact) mass is 672 g/mol. The summed E-state index contributed by atoms with van der Waals surface area (Å²) < 4.78 is 73.9. The van der Waals surface area contributed by atoms with Crippen LogP contribution in [0.4, 0.5) is 17.6 Å². The molecule has 0 spiro atoms. The van der Waals surface area contributed by atoms with Crippen LogP contribution < -0.4 is 4.74 Å². The van der Waals surface area contributed by atoms with E-state index in [1.807, 2.05) is 0 Å². The Labute approximate surface area is 274 Å². The number of rotatable bonds is 6. The summed E-state index contributed by atoms with van der Waals surface area (Å²) in [4.78, 5) is 33.6. The summed E-state index contributed by atoms with van der Waals surface area (Å²) >= 11 is 0. The molecule has 48 heavy (non-hydrogen) atoms. The van der Waals surface area contributed by atoms with Gasteiger partial charge in [0, 0.05) is 51.9 Å². The highest BCUT2D eigenvalue weighted by atomic mass is 19.4. The number of benzene rings is 2. The topological polar surface area (TPSA) is 102 Å². The van der Waals surface area contributed by atoms with Gasteiger partial charge in [-0.3, -0.25) is 14.5 Å². The van der Waals surface area contributed by atoms with Gasteiger partial charge in [0.1, 0.15) is 29.9 Å². The van der Waals surface area contributed by atoms with Gasteiger partial charge in [-0.15, -0.1) is 5.10 Å². The van der Waals surface area contributed by atoms with Gasteiger partial charge in [0.15, 0.2) is 0 Å². The molecule has 3 atom stereocenters. The fourth-order valence-corrected chi connectivity index (χ4v) is 7.06. The second-order valence-corrected chi connectivity index (χ2v) is 12.7. The van der Waals surface area contributed by atoms with Crippen molar-refractivity contribution in [3.8, 4) is 5.75 Å². The van der Waals surface area contributed by atoms with Crippen molar-refractivity contribution in [2.75, 3.05) is 46.0 Å². The van der Waals surface area contributed by atoms with E-state index in [1.54, 1.807) is 27.9 Å². The van der Waals surface area contributed by atoms with Crippen molar-refractivity contribution in [1.29, 1.82) is 0 Å². The van der Waals surface area contributed by atoms with Crippen molar-refractivity contribution >= 4 is 11.8 Å². The van der Waals surface area contributed by atoms with Crippen LogP contribution in [0.15, 0.2) is 48.7 Å². The van der Waals surface area contributed by atoms with Gasteiger partial charge in [-0.1, -0.05) is 17.3 Å². The predicted octanol–water partition coefficient (Wildman–Crippen LogP) is 3.37. The second-order valence-electron chi connectivity index (χ2n) is 12.7. The maximum Gasteiger partial charge on any atom is 0.416 e. The highest BCUT2D eigenvalue weighted by molar-refractivity contribution is 6.00. The minimum atomic E-state index is -4.67. The van der Waals surface area contributed by atoms with Crippen LogP contribution in [-0.4, -0.2) is 112 Å². The summed E-state index contributed by atoms with van der Waals surface area (Å²) in [5.41, 5.74) is 0.138. The van der Waals surface area contributed by atoms with Gasteiger partial charge >= 0.3 is 6.18 Å². The Morgan fingerprint density at radius 3 is 2.52 bits per heavy atom. The van der Waals surface area contributed by atoms with Gasteiger partial charge in [-0.25, -0.2) is 9.07 Å². The van der Waals surface area contributed by atoms with Crippen molar-refractivity contribution in [3.05, 3.63) is 76.9 Å². The number of nitrogens with zero attached hydrogens (tertiary/aromatic N) is 6. The van der Waals surface area contributed by atoms with Crippen LogP contribution in [0.1, 0.15) is 46.4 Å². The van der Waals surface area contributed by atoms with E-state index in [-0.39, 0.29) is 55.3 Å². The quantitative estimate of drug-likeness (QED) is 0.368. The lowest BCUT2D eigenvalue weighted by Crippen LogP contribution is -2.62. The molecule has 0 aliphatic carbocycles. The molecule has 5 heterocycles. The number of hydrogen-bond acceptors (Lipinski definition) is 8. The standard InChI is InChI=1S/C33H36F4N6O5/c34-23-4-1-21(2-5-23)15-41-16-24(38-39-41)19-47-27-14-29-32(45)42-10-9-40(25-7-11-46-12-8-25)17-26(42)20-48-30-6-3-22(33(35,36)37)13-28(30)31(44)43(29)18-27/h1-6,13,16,25-27,29H,7-12,14-15,17-20H2/t26-,27+,29-/m0/s1. The Morgan fingerprint density at radius 1 is 0.958 bits per heavy atom. The van der Waals surface area contributed by atoms with E-state index in [4.69, 9.17) is 14.2 Å². The second kappa shape index (κ2) is 13.4. The molecule has 0 N–H and O–H groups in total. The van der Waals surface area contributed by atoms with Gasteiger partial charge < -0.3 is 24.0 Å². The Hall–Kier alpha value is -4.08. The lowest BCUT2D eigenvalue weighted by Gasteiger charge is -2.46. The van der Waals surface area contributed by atoms with E-state index in [1.165, 1.54) is 23.1 Å². The van der Waals surface area contributed by atoms with E-state index in [0.29, 0.717) is 51.1 Å². The first-order valence-electron chi connectivity index (χ1n) is 16.1. The molecule has 2 aromatic carbocycles. The SMILES string of the molecule is O=C1[C@@H]2C[C@@H](OCc3cn(Cc4ccc(F)cc4)nn3)CN2C(=O)c2cc(C(F)(F)F)ccc2OC[C@@H]2CN(C3CCOCC3)CCN12. The number of ether oxygens (including phenoxy) is 3.